The Morgan fingerprint density at radius 3 is 2.66 bits per heavy atom. The lowest BCUT2D eigenvalue weighted by Crippen LogP contribution is -2.30. The molecule has 1 saturated heterocycles. The van der Waals surface area contributed by atoms with Gasteiger partial charge in [0.2, 0.25) is 0 Å². The predicted molar refractivity (Wildman–Crippen MR) is 122 cm³/mol. The number of benzene rings is 2. The third-order valence-corrected chi connectivity index (χ3v) is 5.98. The summed E-state index contributed by atoms with van der Waals surface area (Å²) in [5.41, 5.74) is 2.43. The van der Waals surface area contributed by atoms with Crippen molar-refractivity contribution in [3.05, 3.63) is 64.7 Å². The SMILES string of the molecule is CCCCN1C(=O)C(=O)/C(=C(\O)c2ccc3c(c2)CCCO3)C1c1ccc(OCC)cc1. The Labute approximate surface area is 188 Å². The highest BCUT2D eigenvalue weighted by Crippen LogP contribution is 2.40. The Morgan fingerprint density at radius 2 is 1.94 bits per heavy atom. The van der Waals surface area contributed by atoms with Crippen molar-refractivity contribution in [1.29, 1.82) is 0 Å². The van der Waals surface area contributed by atoms with E-state index in [1.54, 1.807) is 11.0 Å². The molecule has 1 fully saturated rings. The number of aryl methyl sites for hydroxylation is 1. The molecule has 0 aliphatic carbocycles. The normalized spacial score (nSPS) is 19.6. The lowest BCUT2D eigenvalue weighted by atomic mass is 9.94. The highest BCUT2D eigenvalue weighted by Gasteiger charge is 2.45. The Kier molecular flexibility index (Phi) is 6.49. The minimum absolute atomic E-state index is 0.131. The van der Waals surface area contributed by atoms with E-state index < -0.39 is 17.7 Å². The van der Waals surface area contributed by atoms with E-state index in [2.05, 4.69) is 0 Å². The van der Waals surface area contributed by atoms with Gasteiger partial charge in [0.25, 0.3) is 11.7 Å². The molecule has 2 heterocycles. The van der Waals surface area contributed by atoms with E-state index in [1.165, 1.54) is 0 Å². The van der Waals surface area contributed by atoms with Gasteiger partial charge in [-0.2, -0.15) is 0 Å². The van der Waals surface area contributed by atoms with Gasteiger partial charge in [0.15, 0.2) is 0 Å². The van der Waals surface area contributed by atoms with Gasteiger partial charge in [-0.15, -0.1) is 0 Å². The van der Waals surface area contributed by atoms with E-state index in [9.17, 15) is 14.7 Å². The first-order valence-electron chi connectivity index (χ1n) is 11.3. The number of carbonyl (C=O) groups is 2. The molecule has 6 nitrogen and oxygen atoms in total. The highest BCUT2D eigenvalue weighted by molar-refractivity contribution is 6.46. The van der Waals surface area contributed by atoms with Crippen molar-refractivity contribution in [2.24, 2.45) is 0 Å². The summed E-state index contributed by atoms with van der Waals surface area (Å²) in [4.78, 5) is 27.6. The summed E-state index contributed by atoms with van der Waals surface area (Å²) in [5, 5.41) is 11.2. The molecule has 4 rings (SSSR count). The average Bonchev–Trinajstić information content (AvgIpc) is 3.07. The predicted octanol–water partition coefficient (Wildman–Crippen LogP) is 4.63. The molecule has 2 aromatic rings. The van der Waals surface area contributed by atoms with Gasteiger partial charge >= 0.3 is 0 Å². The van der Waals surface area contributed by atoms with Crippen LogP contribution in [0.15, 0.2) is 48.0 Å². The van der Waals surface area contributed by atoms with Gasteiger partial charge in [-0.25, -0.2) is 0 Å². The average molecular weight is 436 g/mol. The van der Waals surface area contributed by atoms with Gasteiger partial charge in [-0.05, 0) is 67.6 Å². The Hall–Kier alpha value is -3.28. The number of hydrogen-bond acceptors (Lipinski definition) is 5. The third-order valence-electron chi connectivity index (χ3n) is 5.98. The van der Waals surface area contributed by atoms with Gasteiger partial charge in [0, 0.05) is 12.1 Å². The van der Waals surface area contributed by atoms with Gasteiger partial charge in [-0.1, -0.05) is 25.5 Å². The fourth-order valence-corrected chi connectivity index (χ4v) is 4.36. The number of Topliss-reactive ketones (excluding diaryl/α,β-unsaturated/α-hetero) is 1. The maximum absolute atomic E-state index is 13.1. The number of unbranched alkanes of at least 4 members (excludes halogenated alkanes) is 1. The second-order valence-corrected chi connectivity index (χ2v) is 8.12. The number of amides is 1. The van der Waals surface area contributed by atoms with E-state index >= 15 is 0 Å². The molecular formula is C26H29NO5. The molecule has 168 valence electrons. The van der Waals surface area contributed by atoms with Crippen molar-refractivity contribution >= 4 is 17.4 Å². The van der Waals surface area contributed by atoms with Gasteiger partial charge in [0.1, 0.15) is 17.3 Å². The number of aliphatic hydroxyl groups is 1. The highest BCUT2D eigenvalue weighted by atomic mass is 16.5. The van der Waals surface area contributed by atoms with Crippen LogP contribution in [0.2, 0.25) is 0 Å². The maximum Gasteiger partial charge on any atom is 0.295 e. The van der Waals surface area contributed by atoms with E-state index in [1.807, 2.05) is 50.2 Å². The van der Waals surface area contributed by atoms with Crippen LogP contribution in [0.4, 0.5) is 0 Å². The van der Waals surface area contributed by atoms with Crippen LogP contribution in [-0.4, -0.2) is 41.5 Å². The van der Waals surface area contributed by atoms with Crippen LogP contribution < -0.4 is 9.47 Å². The van der Waals surface area contributed by atoms with E-state index in [0.29, 0.717) is 25.3 Å². The molecule has 0 saturated carbocycles. The molecule has 32 heavy (non-hydrogen) atoms. The summed E-state index contributed by atoms with van der Waals surface area (Å²) in [6, 6.07) is 12.2. The Bertz CT molecular complexity index is 1040. The standard InChI is InChI=1S/C26H29NO5/c1-3-5-14-27-23(17-8-11-20(12-9-17)31-4-2)22(25(29)26(27)30)24(28)19-10-13-21-18(16-19)7-6-15-32-21/h8-13,16,23,28H,3-7,14-15H2,1-2H3/b24-22-. The molecule has 0 radical (unpaired) electrons. The van der Waals surface area contributed by atoms with Crippen LogP contribution in [0.1, 0.15) is 55.8 Å². The summed E-state index contributed by atoms with van der Waals surface area (Å²) in [6.07, 6.45) is 3.43. The third kappa shape index (κ3) is 4.09. The summed E-state index contributed by atoms with van der Waals surface area (Å²) < 4.78 is 11.2. The van der Waals surface area contributed by atoms with Crippen molar-refractivity contribution in [3.63, 3.8) is 0 Å². The Morgan fingerprint density at radius 1 is 1.16 bits per heavy atom. The van der Waals surface area contributed by atoms with E-state index in [-0.39, 0.29) is 11.3 Å². The number of hydrogen-bond donors (Lipinski definition) is 1. The molecule has 1 N–H and O–H groups in total. The van der Waals surface area contributed by atoms with E-state index in [4.69, 9.17) is 9.47 Å². The first-order valence-corrected chi connectivity index (χ1v) is 11.3. The first kappa shape index (κ1) is 21.9. The lowest BCUT2D eigenvalue weighted by Gasteiger charge is -2.25. The van der Waals surface area contributed by atoms with Crippen LogP contribution >= 0.6 is 0 Å². The molecule has 2 aliphatic rings. The molecule has 1 amide bonds. The van der Waals surface area contributed by atoms with Gasteiger partial charge < -0.3 is 19.5 Å². The van der Waals surface area contributed by atoms with E-state index in [0.717, 1.165) is 48.3 Å². The molecule has 0 spiro atoms. The fraction of sp³-hybridized carbons (Fsp3) is 0.385. The molecular weight excluding hydrogens is 406 g/mol. The summed E-state index contributed by atoms with van der Waals surface area (Å²) in [5.74, 6) is 0.164. The number of nitrogens with zero attached hydrogens (tertiary/aromatic N) is 1. The minimum Gasteiger partial charge on any atom is -0.507 e. The molecule has 2 aromatic carbocycles. The second kappa shape index (κ2) is 9.47. The minimum atomic E-state index is -0.647. The second-order valence-electron chi connectivity index (χ2n) is 8.12. The maximum atomic E-state index is 13.1. The summed E-state index contributed by atoms with van der Waals surface area (Å²) in [6.45, 7) is 5.64. The molecule has 2 aliphatic heterocycles. The zero-order valence-electron chi connectivity index (χ0n) is 18.6. The van der Waals surface area contributed by atoms with Crippen molar-refractivity contribution < 1.29 is 24.2 Å². The molecule has 0 bridgehead atoms. The van der Waals surface area contributed by atoms with Crippen LogP contribution in [0, 0.1) is 0 Å². The number of ether oxygens (including phenoxy) is 2. The van der Waals surface area contributed by atoms with Crippen LogP contribution in [0.5, 0.6) is 11.5 Å². The quantitative estimate of drug-likeness (QED) is 0.390. The number of rotatable bonds is 7. The molecule has 0 aromatic heterocycles. The zero-order valence-corrected chi connectivity index (χ0v) is 18.6. The number of aliphatic hydroxyl groups excluding tert-OH is 1. The summed E-state index contributed by atoms with van der Waals surface area (Å²) >= 11 is 0. The fourth-order valence-electron chi connectivity index (χ4n) is 4.36. The smallest absolute Gasteiger partial charge is 0.295 e. The number of ketones is 1. The Balaban J connectivity index is 1.79. The zero-order chi connectivity index (χ0) is 22.7. The van der Waals surface area contributed by atoms with Crippen LogP contribution in [0.25, 0.3) is 5.76 Å². The van der Waals surface area contributed by atoms with Gasteiger partial charge in [0.05, 0.1) is 24.8 Å². The first-order chi connectivity index (χ1) is 15.5. The topological polar surface area (TPSA) is 76.1 Å². The monoisotopic (exact) mass is 435 g/mol. The van der Waals surface area contributed by atoms with Crippen molar-refractivity contribution in [2.45, 2.75) is 45.6 Å². The van der Waals surface area contributed by atoms with Crippen molar-refractivity contribution in [3.8, 4) is 11.5 Å². The summed E-state index contributed by atoms with van der Waals surface area (Å²) in [7, 11) is 0. The molecule has 1 unspecified atom stereocenters. The molecule has 6 heteroatoms. The largest absolute Gasteiger partial charge is 0.507 e. The number of fused-ring (bicyclic) bond motifs is 1. The molecule has 1 atom stereocenters. The van der Waals surface area contributed by atoms with Gasteiger partial charge in [-0.3, -0.25) is 9.59 Å². The lowest BCUT2D eigenvalue weighted by molar-refractivity contribution is -0.139. The number of carbonyl (C=O) groups excluding carboxylic acids is 2. The van der Waals surface area contributed by atoms with Crippen molar-refractivity contribution in [1.82, 2.24) is 4.90 Å². The van der Waals surface area contributed by atoms with Crippen molar-refractivity contribution in [2.75, 3.05) is 19.8 Å². The number of likely N-dealkylation sites (tertiary alicyclic amines) is 1. The van der Waals surface area contributed by atoms with Crippen LogP contribution in [0.3, 0.4) is 0 Å². The van der Waals surface area contributed by atoms with Crippen LogP contribution in [-0.2, 0) is 16.0 Å².